The highest BCUT2D eigenvalue weighted by atomic mass is 127. The van der Waals surface area contributed by atoms with E-state index in [1.54, 1.807) is 7.11 Å². The first-order valence-electron chi connectivity index (χ1n) is 6.01. The molecule has 0 saturated heterocycles. The van der Waals surface area contributed by atoms with Gasteiger partial charge in [-0.25, -0.2) is 0 Å². The van der Waals surface area contributed by atoms with Gasteiger partial charge in [0.05, 0.1) is 7.11 Å². The Balaban J connectivity index is 0.000000284. The predicted octanol–water partition coefficient (Wildman–Crippen LogP) is 0.218. The average molecular weight is 461 g/mol. The Morgan fingerprint density at radius 2 is 1.39 bits per heavy atom. The van der Waals surface area contributed by atoms with Crippen molar-refractivity contribution in [3.8, 4) is 5.75 Å². The Bertz CT molecular complexity index is 701. The molecule has 0 heterocycles. The Kier molecular flexibility index (Phi) is 7.29. The largest absolute Gasteiger partial charge is 0.522 e. The van der Waals surface area contributed by atoms with Gasteiger partial charge in [-0.05, 0) is 36.4 Å². The van der Waals surface area contributed by atoms with Gasteiger partial charge in [0.25, 0.3) is 0 Å². The molecule has 126 valence electrons. The number of benzene rings is 2. The smallest absolute Gasteiger partial charge is 0.497 e. The molecule has 0 saturated carbocycles. The minimum atomic E-state index is -5.84. The van der Waals surface area contributed by atoms with E-state index in [0.29, 0.717) is 0 Å². The fourth-order valence-electron chi connectivity index (χ4n) is 1.24. The van der Waals surface area contributed by atoms with Crippen LogP contribution in [0.15, 0.2) is 54.6 Å². The Hall–Kier alpha value is -1.33. The lowest BCUT2D eigenvalue weighted by atomic mass is 10.3. The molecule has 2 aromatic rings. The van der Waals surface area contributed by atoms with E-state index in [-0.39, 0.29) is 21.2 Å². The molecule has 1 N–H and O–H groups in total. The van der Waals surface area contributed by atoms with Crippen molar-refractivity contribution in [2.45, 2.75) is 5.51 Å². The molecule has 4 nitrogen and oxygen atoms in total. The van der Waals surface area contributed by atoms with Gasteiger partial charge >= 0.3 is 36.8 Å². The third-order valence-corrected chi connectivity index (χ3v) is 5.56. The van der Waals surface area contributed by atoms with Crippen molar-refractivity contribution >= 4 is 10.1 Å². The van der Waals surface area contributed by atoms with Crippen molar-refractivity contribution in [1.29, 1.82) is 0 Å². The van der Waals surface area contributed by atoms with Crippen LogP contribution in [-0.4, -0.2) is 25.6 Å². The molecule has 0 atom stereocenters. The number of hydrogen-bond acceptors (Lipinski definition) is 3. The minimum absolute atomic E-state index is 0.0449. The predicted molar refractivity (Wildman–Crippen MR) is 74.4 cm³/mol. The highest BCUT2D eigenvalue weighted by molar-refractivity contribution is 7.86. The minimum Gasteiger partial charge on any atom is -0.497 e. The third-order valence-electron chi connectivity index (χ3n) is 2.29. The summed E-state index contributed by atoms with van der Waals surface area (Å²) in [5.74, 6) is 0.927. The van der Waals surface area contributed by atoms with Gasteiger partial charge in [0, 0.05) is 0 Å². The van der Waals surface area contributed by atoms with E-state index < -0.39 is 15.6 Å². The van der Waals surface area contributed by atoms with Crippen molar-refractivity contribution in [3.63, 3.8) is 0 Å². The molecule has 2 rings (SSSR count). The van der Waals surface area contributed by atoms with Crippen LogP contribution in [-0.2, 0) is 10.1 Å². The maximum Gasteiger partial charge on any atom is 0.522 e. The zero-order valence-corrected chi connectivity index (χ0v) is 14.8. The number of hydrogen-bond donors (Lipinski definition) is 1. The molecule has 2 aromatic carbocycles. The number of rotatable bonds is 3. The van der Waals surface area contributed by atoms with Gasteiger partial charge in [0.15, 0.2) is 7.14 Å². The van der Waals surface area contributed by atoms with E-state index >= 15 is 0 Å². The topological polar surface area (TPSA) is 63.6 Å². The van der Waals surface area contributed by atoms with Gasteiger partial charge in [-0.3, -0.25) is 4.55 Å². The van der Waals surface area contributed by atoms with Crippen LogP contribution in [0.1, 0.15) is 0 Å². The van der Waals surface area contributed by atoms with E-state index in [2.05, 4.69) is 42.5 Å². The van der Waals surface area contributed by atoms with E-state index in [1.165, 1.54) is 7.14 Å². The molecule has 9 heteroatoms. The number of halogens is 4. The summed E-state index contributed by atoms with van der Waals surface area (Å²) in [6.45, 7) is 0. The van der Waals surface area contributed by atoms with Gasteiger partial charge in [-0.1, -0.05) is 18.2 Å². The molecule has 0 amide bonds. The molecule has 0 aliphatic carbocycles. The lowest BCUT2D eigenvalue weighted by molar-refractivity contribution is -0.597. The lowest BCUT2D eigenvalue weighted by Crippen LogP contribution is -3.61. The van der Waals surface area contributed by atoms with E-state index in [9.17, 15) is 13.2 Å². The summed E-state index contributed by atoms with van der Waals surface area (Å²) >= 11 is -0.0449. The highest BCUT2D eigenvalue weighted by Crippen LogP contribution is 2.20. The molecule has 0 fully saturated rings. The van der Waals surface area contributed by atoms with Crippen LogP contribution in [0.3, 0.4) is 0 Å². The standard InChI is InChI=1S/C13H12IO.CHF3O3S/c1-15-13-9-7-12(8-10-13)14-11-5-3-2-4-6-11;2-1(3,4)8(5,6)7/h2-10H,1H3;(H,5,6,7)/q+1;. The molecule has 0 spiro atoms. The fourth-order valence-corrected chi connectivity index (χ4v) is 3.45. The van der Waals surface area contributed by atoms with Crippen LogP contribution in [0, 0.1) is 7.14 Å². The molecule has 0 bridgehead atoms. The van der Waals surface area contributed by atoms with Crippen LogP contribution in [0.25, 0.3) is 0 Å². The third kappa shape index (κ3) is 7.18. The summed E-state index contributed by atoms with van der Waals surface area (Å²) in [5.41, 5.74) is -5.53. The fraction of sp³-hybridized carbons (Fsp3) is 0.143. The maximum atomic E-state index is 10.7. The van der Waals surface area contributed by atoms with Gasteiger partial charge in [-0.2, -0.15) is 21.6 Å². The second-order valence-electron chi connectivity index (χ2n) is 3.97. The molecule has 0 aliphatic rings. The zero-order chi connectivity index (χ0) is 17.5. The molecule has 0 aliphatic heterocycles. The normalized spacial score (nSPS) is 11.3. The molecular weight excluding hydrogens is 448 g/mol. The highest BCUT2D eigenvalue weighted by Gasteiger charge is 2.44. The Labute approximate surface area is 142 Å². The number of methoxy groups -OCH3 is 1. The maximum absolute atomic E-state index is 10.7. The van der Waals surface area contributed by atoms with Gasteiger partial charge in [-0.15, -0.1) is 0 Å². The van der Waals surface area contributed by atoms with E-state index in [1.807, 2.05) is 12.1 Å². The number of alkyl halides is 3. The monoisotopic (exact) mass is 461 g/mol. The van der Waals surface area contributed by atoms with Crippen LogP contribution < -0.4 is 25.9 Å². The van der Waals surface area contributed by atoms with Crippen molar-refractivity contribution < 1.29 is 52.1 Å². The Morgan fingerprint density at radius 3 is 1.78 bits per heavy atom. The summed E-state index contributed by atoms with van der Waals surface area (Å²) in [7, 11) is -4.14. The van der Waals surface area contributed by atoms with Crippen LogP contribution in [0.5, 0.6) is 5.75 Å². The van der Waals surface area contributed by atoms with Crippen molar-refractivity contribution in [2.24, 2.45) is 0 Å². The average Bonchev–Trinajstić information content (AvgIpc) is 2.48. The van der Waals surface area contributed by atoms with Crippen LogP contribution in [0.2, 0.25) is 0 Å². The SMILES string of the molecule is COc1ccc([I+]c2ccccc2)cc1.O=S(=O)(O)C(F)(F)F. The summed E-state index contributed by atoms with van der Waals surface area (Å²) in [4.78, 5) is 0. The van der Waals surface area contributed by atoms with Gasteiger partial charge in [0.2, 0.25) is 0 Å². The second kappa shape index (κ2) is 8.50. The quantitative estimate of drug-likeness (QED) is 0.404. The van der Waals surface area contributed by atoms with Crippen molar-refractivity contribution in [2.75, 3.05) is 7.11 Å². The van der Waals surface area contributed by atoms with Crippen molar-refractivity contribution in [1.82, 2.24) is 0 Å². The van der Waals surface area contributed by atoms with Gasteiger partial charge < -0.3 is 4.74 Å². The summed E-state index contributed by atoms with van der Waals surface area (Å²) in [5, 5.41) is 0. The molecular formula is C14H13F3IO4S+. The van der Waals surface area contributed by atoms with Crippen LogP contribution >= 0.6 is 0 Å². The van der Waals surface area contributed by atoms with E-state index in [0.717, 1.165) is 5.75 Å². The molecule has 0 unspecified atom stereocenters. The van der Waals surface area contributed by atoms with Gasteiger partial charge in [0.1, 0.15) is 5.75 Å². The van der Waals surface area contributed by atoms with Crippen LogP contribution in [0.4, 0.5) is 13.2 Å². The lowest BCUT2D eigenvalue weighted by Gasteiger charge is -1.97. The first-order valence-corrected chi connectivity index (χ1v) is 9.61. The summed E-state index contributed by atoms with van der Waals surface area (Å²) in [6, 6.07) is 19.0. The molecule has 23 heavy (non-hydrogen) atoms. The first kappa shape index (κ1) is 19.7. The first-order chi connectivity index (χ1) is 10.6. The van der Waals surface area contributed by atoms with Crippen molar-refractivity contribution in [3.05, 3.63) is 61.7 Å². The number of ether oxygens (including phenoxy) is 1. The second-order valence-corrected chi connectivity index (χ2v) is 8.41. The zero-order valence-electron chi connectivity index (χ0n) is 11.8. The summed E-state index contributed by atoms with van der Waals surface area (Å²) < 4.78 is 65.5. The summed E-state index contributed by atoms with van der Waals surface area (Å²) in [6.07, 6.45) is 0. The van der Waals surface area contributed by atoms with E-state index in [4.69, 9.17) is 17.7 Å². The molecule has 0 aromatic heterocycles. The molecule has 0 radical (unpaired) electrons. The Morgan fingerprint density at radius 1 is 0.957 bits per heavy atom.